The molecule has 0 bridgehead atoms. The number of hydrogen-bond donors (Lipinski definition) is 1. The second-order valence-electron chi connectivity index (χ2n) is 3.01. The highest BCUT2D eigenvalue weighted by Gasteiger charge is 2.37. The molecular weight excluding hydrogens is 144 g/mol. The van der Waals surface area contributed by atoms with Crippen molar-refractivity contribution in [3.05, 3.63) is 0 Å². The van der Waals surface area contributed by atoms with Gasteiger partial charge >= 0.3 is 0 Å². The van der Waals surface area contributed by atoms with Gasteiger partial charge in [0.25, 0.3) is 0 Å². The first-order valence-corrected chi connectivity index (χ1v) is 3.97. The quantitative estimate of drug-likeness (QED) is 0.636. The molecule has 1 N–H and O–H groups in total. The number of aliphatic hydroxyl groups excluding tert-OH is 1. The van der Waals surface area contributed by atoms with E-state index in [1.165, 1.54) is 6.92 Å². The van der Waals surface area contributed by atoms with E-state index in [1.807, 2.05) is 0 Å². The smallest absolute Gasteiger partial charge is 0.163 e. The Morgan fingerprint density at radius 1 is 1.64 bits per heavy atom. The Kier molecular flexibility index (Phi) is 2.62. The summed E-state index contributed by atoms with van der Waals surface area (Å²) in [6.07, 6.45) is 2.63. The Labute approximate surface area is 66.4 Å². The first-order valence-electron chi connectivity index (χ1n) is 3.97. The van der Waals surface area contributed by atoms with Crippen LogP contribution in [0.3, 0.4) is 0 Å². The molecule has 0 aromatic heterocycles. The lowest BCUT2D eigenvalue weighted by Gasteiger charge is -2.33. The third-order valence-electron chi connectivity index (χ3n) is 2.25. The molecule has 1 atom stereocenters. The molecule has 3 heteroatoms. The molecule has 1 heterocycles. The van der Waals surface area contributed by atoms with Crippen LogP contribution >= 0.6 is 0 Å². The number of ketones is 1. The third-order valence-corrected chi connectivity index (χ3v) is 2.25. The van der Waals surface area contributed by atoms with Gasteiger partial charge in [0.2, 0.25) is 0 Å². The molecule has 0 amide bonds. The zero-order chi connectivity index (χ0) is 8.32. The summed E-state index contributed by atoms with van der Waals surface area (Å²) in [5.41, 5.74) is -0.863. The SMILES string of the molecule is CC(=O)C1(CO)CCCCO1. The van der Waals surface area contributed by atoms with Gasteiger partial charge in [-0.15, -0.1) is 0 Å². The van der Waals surface area contributed by atoms with Crippen LogP contribution in [-0.4, -0.2) is 29.7 Å². The van der Waals surface area contributed by atoms with E-state index >= 15 is 0 Å². The summed E-state index contributed by atoms with van der Waals surface area (Å²) in [6.45, 7) is 1.89. The van der Waals surface area contributed by atoms with Crippen LogP contribution in [0.5, 0.6) is 0 Å². The molecule has 0 spiro atoms. The highest BCUT2D eigenvalue weighted by atomic mass is 16.5. The predicted molar refractivity (Wildman–Crippen MR) is 40.3 cm³/mol. The summed E-state index contributed by atoms with van der Waals surface area (Å²) in [4.78, 5) is 11.1. The van der Waals surface area contributed by atoms with E-state index in [2.05, 4.69) is 0 Å². The Morgan fingerprint density at radius 2 is 2.36 bits per heavy atom. The van der Waals surface area contributed by atoms with Crippen LogP contribution in [0.1, 0.15) is 26.2 Å². The van der Waals surface area contributed by atoms with Crippen molar-refractivity contribution >= 4 is 5.78 Å². The van der Waals surface area contributed by atoms with Gasteiger partial charge in [-0.3, -0.25) is 4.79 Å². The van der Waals surface area contributed by atoms with Gasteiger partial charge in [-0.1, -0.05) is 0 Å². The average Bonchev–Trinajstić information content (AvgIpc) is 2.05. The van der Waals surface area contributed by atoms with Crippen LogP contribution in [0, 0.1) is 0 Å². The molecule has 1 rings (SSSR count). The fourth-order valence-corrected chi connectivity index (χ4v) is 1.37. The molecule has 1 unspecified atom stereocenters. The number of aliphatic hydroxyl groups is 1. The molecule has 1 saturated heterocycles. The van der Waals surface area contributed by atoms with Crippen molar-refractivity contribution in [2.45, 2.75) is 31.8 Å². The number of hydrogen-bond acceptors (Lipinski definition) is 3. The number of ether oxygens (including phenoxy) is 1. The molecule has 0 aromatic rings. The molecule has 1 aliphatic heterocycles. The Morgan fingerprint density at radius 3 is 2.64 bits per heavy atom. The molecule has 1 fully saturated rings. The van der Waals surface area contributed by atoms with Gasteiger partial charge in [0, 0.05) is 6.61 Å². The second-order valence-corrected chi connectivity index (χ2v) is 3.01. The van der Waals surface area contributed by atoms with Crippen LogP contribution in [0.15, 0.2) is 0 Å². The molecule has 0 aliphatic carbocycles. The number of Topliss-reactive ketones (excluding diaryl/α,β-unsaturated/α-hetero) is 1. The van der Waals surface area contributed by atoms with E-state index < -0.39 is 5.60 Å². The van der Waals surface area contributed by atoms with Crippen molar-refractivity contribution in [2.24, 2.45) is 0 Å². The van der Waals surface area contributed by atoms with Crippen LogP contribution in [0.4, 0.5) is 0 Å². The zero-order valence-electron chi connectivity index (χ0n) is 6.80. The molecule has 3 nitrogen and oxygen atoms in total. The summed E-state index contributed by atoms with van der Waals surface area (Å²) in [6, 6.07) is 0. The normalized spacial score (nSPS) is 31.8. The summed E-state index contributed by atoms with van der Waals surface area (Å²) in [5.74, 6) is -0.0558. The van der Waals surface area contributed by atoms with Gasteiger partial charge in [-0.2, -0.15) is 0 Å². The lowest BCUT2D eigenvalue weighted by molar-refractivity contribution is -0.156. The van der Waals surface area contributed by atoms with Crippen molar-refractivity contribution in [3.63, 3.8) is 0 Å². The minimum Gasteiger partial charge on any atom is -0.393 e. The van der Waals surface area contributed by atoms with Crippen LogP contribution in [-0.2, 0) is 9.53 Å². The maximum absolute atomic E-state index is 11.1. The molecule has 11 heavy (non-hydrogen) atoms. The molecule has 0 saturated carbocycles. The topological polar surface area (TPSA) is 46.5 Å². The fourth-order valence-electron chi connectivity index (χ4n) is 1.37. The number of carbonyl (C=O) groups excluding carboxylic acids is 1. The van der Waals surface area contributed by atoms with Gasteiger partial charge in [-0.05, 0) is 26.2 Å². The van der Waals surface area contributed by atoms with Gasteiger partial charge < -0.3 is 9.84 Å². The lowest BCUT2D eigenvalue weighted by Crippen LogP contribution is -2.46. The third kappa shape index (κ3) is 1.60. The van der Waals surface area contributed by atoms with Gasteiger partial charge in [-0.25, -0.2) is 0 Å². The molecule has 0 radical (unpaired) electrons. The maximum atomic E-state index is 11.1. The second kappa shape index (κ2) is 3.32. The predicted octanol–water partition coefficient (Wildman–Crippen LogP) is 0.507. The van der Waals surface area contributed by atoms with E-state index in [1.54, 1.807) is 0 Å². The van der Waals surface area contributed by atoms with Crippen LogP contribution < -0.4 is 0 Å². The maximum Gasteiger partial charge on any atom is 0.163 e. The minimum absolute atomic E-state index is 0.0558. The fraction of sp³-hybridized carbons (Fsp3) is 0.875. The van der Waals surface area contributed by atoms with Crippen LogP contribution in [0.25, 0.3) is 0 Å². The van der Waals surface area contributed by atoms with E-state index in [4.69, 9.17) is 9.84 Å². The first-order chi connectivity index (χ1) is 5.21. The van der Waals surface area contributed by atoms with Crippen molar-refractivity contribution in [2.75, 3.05) is 13.2 Å². The Bertz CT molecular complexity index is 147. The monoisotopic (exact) mass is 158 g/mol. The van der Waals surface area contributed by atoms with E-state index in [9.17, 15) is 4.79 Å². The average molecular weight is 158 g/mol. The van der Waals surface area contributed by atoms with Crippen molar-refractivity contribution in [1.29, 1.82) is 0 Å². The highest BCUT2D eigenvalue weighted by molar-refractivity contribution is 5.85. The van der Waals surface area contributed by atoms with Crippen molar-refractivity contribution in [1.82, 2.24) is 0 Å². The van der Waals surface area contributed by atoms with Gasteiger partial charge in [0.15, 0.2) is 5.78 Å². The van der Waals surface area contributed by atoms with E-state index in [-0.39, 0.29) is 12.4 Å². The lowest BCUT2D eigenvalue weighted by atomic mass is 9.91. The van der Waals surface area contributed by atoms with E-state index in [0.29, 0.717) is 13.0 Å². The minimum atomic E-state index is -0.863. The van der Waals surface area contributed by atoms with Crippen molar-refractivity contribution in [3.8, 4) is 0 Å². The summed E-state index contributed by atoms with van der Waals surface area (Å²) >= 11 is 0. The van der Waals surface area contributed by atoms with Crippen molar-refractivity contribution < 1.29 is 14.6 Å². The van der Waals surface area contributed by atoms with Gasteiger partial charge in [0.1, 0.15) is 5.60 Å². The largest absolute Gasteiger partial charge is 0.393 e. The summed E-state index contributed by atoms with van der Waals surface area (Å²) < 4.78 is 5.28. The summed E-state index contributed by atoms with van der Waals surface area (Å²) in [5, 5.41) is 8.97. The van der Waals surface area contributed by atoms with Gasteiger partial charge in [0.05, 0.1) is 6.61 Å². The number of rotatable bonds is 2. The zero-order valence-corrected chi connectivity index (χ0v) is 6.80. The Hall–Kier alpha value is -0.410. The standard InChI is InChI=1S/C8H14O3/c1-7(10)8(6-9)4-2-3-5-11-8/h9H,2-6H2,1H3. The number of carbonyl (C=O) groups is 1. The molecular formula is C8H14O3. The molecule has 1 aliphatic rings. The first kappa shape index (κ1) is 8.68. The van der Waals surface area contributed by atoms with Crippen LogP contribution in [0.2, 0.25) is 0 Å². The molecule has 64 valence electrons. The molecule has 0 aromatic carbocycles. The Balaban J connectivity index is 2.64. The highest BCUT2D eigenvalue weighted by Crippen LogP contribution is 2.25. The summed E-state index contributed by atoms with van der Waals surface area (Å²) in [7, 11) is 0. The van der Waals surface area contributed by atoms with E-state index in [0.717, 1.165) is 12.8 Å².